The summed E-state index contributed by atoms with van der Waals surface area (Å²) < 4.78 is 10.6. The van der Waals surface area contributed by atoms with Gasteiger partial charge in [-0.15, -0.1) is 0 Å². The molecular weight excluding hydrogens is 266 g/mol. The van der Waals surface area contributed by atoms with Crippen molar-refractivity contribution in [2.75, 3.05) is 14.2 Å². The van der Waals surface area contributed by atoms with Crippen molar-refractivity contribution in [1.82, 2.24) is 15.3 Å². The second-order valence-electron chi connectivity index (χ2n) is 5.38. The van der Waals surface area contributed by atoms with Crippen LogP contribution in [0.1, 0.15) is 29.9 Å². The number of hydrogen-bond donors (Lipinski definition) is 2. The number of ether oxygens (including phenoxy) is 2. The summed E-state index contributed by atoms with van der Waals surface area (Å²) in [5, 5.41) is 3.48. The third kappa shape index (κ3) is 3.55. The van der Waals surface area contributed by atoms with Gasteiger partial charge in [0.15, 0.2) is 11.5 Å². The first-order valence-corrected chi connectivity index (χ1v) is 7.25. The van der Waals surface area contributed by atoms with Gasteiger partial charge in [-0.05, 0) is 30.5 Å². The van der Waals surface area contributed by atoms with Crippen LogP contribution in [-0.2, 0) is 13.0 Å². The molecular formula is C16H21N3O2. The van der Waals surface area contributed by atoms with Crippen molar-refractivity contribution in [3.8, 4) is 11.5 Å². The van der Waals surface area contributed by atoms with Crippen molar-refractivity contribution in [2.45, 2.75) is 31.8 Å². The number of H-pyrrole nitrogens is 1. The lowest BCUT2D eigenvalue weighted by Gasteiger charge is -2.08. The second-order valence-corrected chi connectivity index (χ2v) is 5.38. The van der Waals surface area contributed by atoms with E-state index in [9.17, 15) is 0 Å². The predicted octanol–water partition coefficient (Wildman–Crippen LogP) is 2.27. The van der Waals surface area contributed by atoms with E-state index < -0.39 is 0 Å². The number of benzene rings is 1. The van der Waals surface area contributed by atoms with Gasteiger partial charge in [0.2, 0.25) is 0 Å². The first kappa shape index (κ1) is 13.9. The molecule has 1 saturated carbocycles. The molecule has 112 valence electrons. The first-order valence-electron chi connectivity index (χ1n) is 7.25. The number of imidazole rings is 1. The lowest BCUT2D eigenvalue weighted by Crippen LogP contribution is -2.15. The third-order valence-corrected chi connectivity index (χ3v) is 3.66. The molecule has 2 N–H and O–H groups in total. The molecule has 0 saturated heterocycles. The molecule has 3 rings (SSSR count). The van der Waals surface area contributed by atoms with E-state index in [0.717, 1.165) is 41.5 Å². The van der Waals surface area contributed by atoms with E-state index in [1.54, 1.807) is 14.2 Å². The van der Waals surface area contributed by atoms with Crippen LogP contribution in [0, 0.1) is 0 Å². The molecule has 1 fully saturated rings. The van der Waals surface area contributed by atoms with Crippen molar-refractivity contribution in [3.05, 3.63) is 41.5 Å². The smallest absolute Gasteiger partial charge is 0.161 e. The Balaban J connectivity index is 1.65. The van der Waals surface area contributed by atoms with Crippen LogP contribution in [0.4, 0.5) is 0 Å². The fraction of sp³-hybridized carbons (Fsp3) is 0.438. The van der Waals surface area contributed by atoms with Crippen molar-refractivity contribution in [1.29, 1.82) is 0 Å². The van der Waals surface area contributed by atoms with Crippen LogP contribution in [0.25, 0.3) is 0 Å². The topological polar surface area (TPSA) is 59.2 Å². The van der Waals surface area contributed by atoms with Gasteiger partial charge in [0.05, 0.1) is 14.2 Å². The van der Waals surface area contributed by atoms with Gasteiger partial charge < -0.3 is 19.8 Å². The molecule has 2 aromatic rings. The molecule has 1 aliphatic rings. The van der Waals surface area contributed by atoms with E-state index in [4.69, 9.17) is 9.47 Å². The molecule has 0 atom stereocenters. The normalized spacial score (nSPS) is 14.2. The van der Waals surface area contributed by atoms with Crippen molar-refractivity contribution >= 4 is 0 Å². The minimum Gasteiger partial charge on any atom is -0.493 e. The number of hydrogen-bond acceptors (Lipinski definition) is 4. The molecule has 1 heterocycles. The molecule has 21 heavy (non-hydrogen) atoms. The van der Waals surface area contributed by atoms with Gasteiger partial charge >= 0.3 is 0 Å². The third-order valence-electron chi connectivity index (χ3n) is 3.66. The van der Waals surface area contributed by atoms with Gasteiger partial charge in [0, 0.05) is 30.9 Å². The van der Waals surface area contributed by atoms with Crippen molar-refractivity contribution in [2.24, 2.45) is 0 Å². The zero-order valence-corrected chi connectivity index (χ0v) is 12.5. The zero-order valence-electron chi connectivity index (χ0n) is 12.5. The quantitative estimate of drug-likeness (QED) is 0.820. The molecule has 1 aliphatic carbocycles. The van der Waals surface area contributed by atoms with Crippen LogP contribution in [0.3, 0.4) is 0 Å². The van der Waals surface area contributed by atoms with E-state index in [1.165, 1.54) is 12.8 Å². The molecule has 0 radical (unpaired) electrons. The fourth-order valence-electron chi connectivity index (χ4n) is 2.31. The Kier molecular flexibility index (Phi) is 4.10. The van der Waals surface area contributed by atoms with Gasteiger partial charge in [0.1, 0.15) is 5.82 Å². The molecule has 5 nitrogen and oxygen atoms in total. The number of rotatable bonds is 7. The summed E-state index contributed by atoms with van der Waals surface area (Å²) in [7, 11) is 3.29. The summed E-state index contributed by atoms with van der Waals surface area (Å²) in [5.41, 5.74) is 2.28. The van der Waals surface area contributed by atoms with Crippen LogP contribution in [0.15, 0.2) is 24.4 Å². The highest BCUT2D eigenvalue weighted by Gasteiger charge is 2.20. The molecule has 0 spiro atoms. The Hall–Kier alpha value is -2.01. The standard InChI is InChI=1S/C16H21N3O2/c1-20-14-6-3-11(7-15(14)21-2)8-16-18-10-13(19-16)9-17-12-4-5-12/h3,6-7,10,12,17H,4-5,8-9H2,1-2H3,(H,18,19). The Morgan fingerprint density at radius 2 is 2.05 bits per heavy atom. The maximum absolute atomic E-state index is 5.33. The SMILES string of the molecule is COc1ccc(Cc2ncc(CNC3CC3)[nH]2)cc1OC. The number of methoxy groups -OCH3 is 2. The average molecular weight is 287 g/mol. The molecule has 5 heteroatoms. The van der Waals surface area contributed by atoms with Gasteiger partial charge in [-0.1, -0.05) is 6.07 Å². The van der Waals surface area contributed by atoms with E-state index in [-0.39, 0.29) is 0 Å². The number of aromatic amines is 1. The predicted molar refractivity (Wildman–Crippen MR) is 80.8 cm³/mol. The molecule has 0 aliphatic heterocycles. The highest BCUT2D eigenvalue weighted by Crippen LogP contribution is 2.28. The van der Waals surface area contributed by atoms with Gasteiger partial charge in [-0.25, -0.2) is 4.98 Å². The largest absolute Gasteiger partial charge is 0.493 e. The monoisotopic (exact) mass is 287 g/mol. The summed E-state index contributed by atoms with van der Waals surface area (Å²) in [6, 6.07) is 6.66. The van der Waals surface area contributed by atoms with E-state index >= 15 is 0 Å². The molecule has 0 unspecified atom stereocenters. The van der Waals surface area contributed by atoms with E-state index in [1.807, 2.05) is 24.4 Å². The lowest BCUT2D eigenvalue weighted by molar-refractivity contribution is 0.354. The Morgan fingerprint density at radius 3 is 2.76 bits per heavy atom. The Labute approximate surface area is 124 Å². The van der Waals surface area contributed by atoms with Crippen LogP contribution >= 0.6 is 0 Å². The average Bonchev–Trinajstić information content (AvgIpc) is 3.24. The van der Waals surface area contributed by atoms with Crippen molar-refractivity contribution < 1.29 is 9.47 Å². The van der Waals surface area contributed by atoms with Crippen molar-refractivity contribution in [3.63, 3.8) is 0 Å². The molecule has 1 aromatic carbocycles. The summed E-state index contributed by atoms with van der Waals surface area (Å²) in [4.78, 5) is 7.81. The van der Waals surface area contributed by atoms with E-state index in [2.05, 4.69) is 15.3 Å². The van der Waals surface area contributed by atoms with Crippen LogP contribution in [-0.4, -0.2) is 30.2 Å². The summed E-state index contributed by atoms with van der Waals surface area (Å²) in [6.07, 6.45) is 5.26. The summed E-state index contributed by atoms with van der Waals surface area (Å²) >= 11 is 0. The number of aromatic nitrogens is 2. The second kappa shape index (κ2) is 6.18. The minimum absolute atomic E-state index is 0.711. The maximum Gasteiger partial charge on any atom is 0.161 e. The van der Waals surface area contributed by atoms with Gasteiger partial charge in [0.25, 0.3) is 0 Å². The molecule has 0 amide bonds. The molecule has 0 bridgehead atoms. The van der Waals surface area contributed by atoms with Crippen LogP contribution in [0.5, 0.6) is 11.5 Å². The fourth-order valence-corrected chi connectivity index (χ4v) is 2.31. The van der Waals surface area contributed by atoms with Crippen LogP contribution < -0.4 is 14.8 Å². The highest BCUT2D eigenvalue weighted by molar-refractivity contribution is 5.43. The number of nitrogens with zero attached hydrogens (tertiary/aromatic N) is 1. The maximum atomic E-state index is 5.33. The van der Waals surface area contributed by atoms with E-state index in [0.29, 0.717) is 6.04 Å². The van der Waals surface area contributed by atoms with Gasteiger partial charge in [-0.2, -0.15) is 0 Å². The zero-order chi connectivity index (χ0) is 14.7. The Bertz CT molecular complexity index is 605. The number of nitrogens with one attached hydrogen (secondary N) is 2. The summed E-state index contributed by atoms with van der Waals surface area (Å²) in [5.74, 6) is 2.46. The van der Waals surface area contributed by atoms with Gasteiger partial charge in [-0.3, -0.25) is 0 Å². The summed E-state index contributed by atoms with van der Waals surface area (Å²) in [6.45, 7) is 0.865. The highest BCUT2D eigenvalue weighted by atomic mass is 16.5. The lowest BCUT2D eigenvalue weighted by atomic mass is 10.1. The molecule has 1 aromatic heterocycles. The van der Waals surface area contributed by atoms with Crippen LogP contribution in [0.2, 0.25) is 0 Å². The Morgan fingerprint density at radius 1 is 1.24 bits per heavy atom. The minimum atomic E-state index is 0.711. The first-order chi connectivity index (χ1) is 10.3.